The summed E-state index contributed by atoms with van der Waals surface area (Å²) in [5.41, 5.74) is 2.49. The largest absolute Gasteiger partial charge is 0.459 e. The molecule has 3 aromatic rings. The van der Waals surface area contributed by atoms with E-state index in [1.807, 2.05) is 60.7 Å². The topological polar surface area (TPSA) is 59.5 Å². The van der Waals surface area contributed by atoms with Gasteiger partial charge in [0.1, 0.15) is 6.61 Å². The number of rotatable bonds is 7. The molecule has 0 fully saturated rings. The molecule has 0 spiro atoms. The van der Waals surface area contributed by atoms with E-state index in [2.05, 4.69) is 4.98 Å². The quantitative estimate of drug-likeness (QED) is 0.566. The van der Waals surface area contributed by atoms with Gasteiger partial charge < -0.3 is 4.74 Å². The maximum atomic E-state index is 12.0. The average Bonchev–Trinajstić information content (AvgIpc) is 3.14. The molecule has 5 nitrogen and oxygen atoms in total. The maximum Gasteiger partial charge on any atom is 0.306 e. The molecule has 1 aromatic heterocycles. The highest BCUT2D eigenvalue weighted by molar-refractivity contribution is 7.14. The number of aryl methyl sites for hydroxylation is 1. The third kappa shape index (κ3) is 5.24. The number of benzene rings is 2. The van der Waals surface area contributed by atoms with Gasteiger partial charge in [0.05, 0.1) is 11.4 Å². The highest BCUT2D eigenvalue weighted by atomic mass is 32.1. The number of thiazole rings is 1. The zero-order valence-electron chi connectivity index (χ0n) is 15.0. The number of nitrogens with zero attached hydrogens (tertiary/aromatic N) is 2. The van der Waals surface area contributed by atoms with Crippen LogP contribution in [0.2, 0.25) is 0 Å². The summed E-state index contributed by atoms with van der Waals surface area (Å²) in [7, 11) is 0. The molecule has 1 heterocycles. The van der Waals surface area contributed by atoms with Crippen molar-refractivity contribution in [2.75, 3.05) is 4.90 Å². The van der Waals surface area contributed by atoms with E-state index < -0.39 is 0 Å². The Labute approximate surface area is 162 Å². The van der Waals surface area contributed by atoms with E-state index in [0.29, 0.717) is 23.7 Å². The van der Waals surface area contributed by atoms with Crippen LogP contribution >= 0.6 is 11.3 Å². The normalized spacial score (nSPS) is 10.4. The molecule has 0 bridgehead atoms. The Bertz CT molecular complexity index is 894. The van der Waals surface area contributed by atoms with Gasteiger partial charge in [-0.1, -0.05) is 48.5 Å². The standard InChI is InChI=1S/C21H20N2O3S/c1-16(24)23(19-10-6-3-7-11-19)21-22-18(15-27-21)14-26-20(25)13-12-17-8-4-2-5-9-17/h2-11,15H,12-14H2,1H3. The molecule has 0 saturated carbocycles. The predicted octanol–water partition coefficient (Wildman–Crippen LogP) is 4.50. The molecular formula is C21H20N2O3S. The van der Waals surface area contributed by atoms with Crippen molar-refractivity contribution in [3.8, 4) is 0 Å². The van der Waals surface area contributed by atoms with Gasteiger partial charge >= 0.3 is 5.97 Å². The second kappa shape index (κ2) is 9.09. The monoisotopic (exact) mass is 380 g/mol. The van der Waals surface area contributed by atoms with Crippen molar-refractivity contribution >= 4 is 34.0 Å². The Kier molecular flexibility index (Phi) is 6.33. The van der Waals surface area contributed by atoms with Gasteiger partial charge in [-0.25, -0.2) is 4.98 Å². The zero-order valence-corrected chi connectivity index (χ0v) is 15.8. The first-order chi connectivity index (χ1) is 13.1. The van der Waals surface area contributed by atoms with Gasteiger partial charge in [-0.15, -0.1) is 11.3 Å². The number of esters is 1. The van der Waals surface area contributed by atoms with Crippen LogP contribution in [0.4, 0.5) is 10.8 Å². The van der Waals surface area contributed by atoms with Crippen LogP contribution in [-0.4, -0.2) is 16.9 Å². The first kappa shape index (κ1) is 18.8. The van der Waals surface area contributed by atoms with E-state index in [9.17, 15) is 9.59 Å². The lowest BCUT2D eigenvalue weighted by Crippen LogP contribution is -2.22. The van der Waals surface area contributed by atoms with Crippen molar-refractivity contribution in [3.05, 3.63) is 77.3 Å². The van der Waals surface area contributed by atoms with Crippen LogP contribution in [-0.2, 0) is 27.4 Å². The van der Waals surface area contributed by atoms with Gasteiger partial charge in [0.2, 0.25) is 5.91 Å². The van der Waals surface area contributed by atoms with E-state index in [1.165, 1.54) is 18.3 Å². The van der Waals surface area contributed by atoms with Crippen LogP contribution in [0.5, 0.6) is 0 Å². The Morgan fingerprint density at radius 3 is 2.37 bits per heavy atom. The summed E-state index contributed by atoms with van der Waals surface area (Å²) >= 11 is 1.35. The van der Waals surface area contributed by atoms with Crippen LogP contribution < -0.4 is 4.90 Å². The van der Waals surface area contributed by atoms with Crippen molar-refractivity contribution in [2.45, 2.75) is 26.4 Å². The summed E-state index contributed by atoms with van der Waals surface area (Å²) in [6.45, 7) is 1.60. The number of para-hydroxylation sites is 1. The SMILES string of the molecule is CC(=O)N(c1ccccc1)c1nc(COC(=O)CCc2ccccc2)cs1. The lowest BCUT2D eigenvalue weighted by atomic mass is 10.1. The minimum absolute atomic E-state index is 0.102. The zero-order chi connectivity index (χ0) is 19.1. The van der Waals surface area contributed by atoms with E-state index >= 15 is 0 Å². The van der Waals surface area contributed by atoms with Crippen LogP contribution in [0.3, 0.4) is 0 Å². The summed E-state index contributed by atoms with van der Waals surface area (Å²) in [5.74, 6) is -0.387. The van der Waals surface area contributed by atoms with E-state index in [4.69, 9.17) is 4.74 Å². The smallest absolute Gasteiger partial charge is 0.306 e. The Hall–Kier alpha value is -2.99. The number of hydrogen-bond acceptors (Lipinski definition) is 5. The third-order valence-electron chi connectivity index (χ3n) is 3.90. The highest BCUT2D eigenvalue weighted by Crippen LogP contribution is 2.28. The third-order valence-corrected chi connectivity index (χ3v) is 4.78. The molecule has 3 rings (SSSR count). The van der Waals surface area contributed by atoms with Gasteiger partial charge in [0.15, 0.2) is 5.13 Å². The number of carbonyl (C=O) groups is 2. The van der Waals surface area contributed by atoms with Crippen molar-refractivity contribution in [2.24, 2.45) is 0 Å². The van der Waals surface area contributed by atoms with E-state index in [0.717, 1.165) is 11.3 Å². The van der Waals surface area contributed by atoms with Crippen molar-refractivity contribution < 1.29 is 14.3 Å². The van der Waals surface area contributed by atoms with Crippen LogP contribution in [0.25, 0.3) is 0 Å². The van der Waals surface area contributed by atoms with Gasteiger partial charge in [-0.2, -0.15) is 0 Å². The van der Waals surface area contributed by atoms with E-state index in [1.54, 1.807) is 10.3 Å². The molecule has 0 aliphatic heterocycles. The molecule has 0 unspecified atom stereocenters. The van der Waals surface area contributed by atoms with Gasteiger partial charge in [0.25, 0.3) is 0 Å². The molecule has 0 N–H and O–H groups in total. The molecule has 0 saturated heterocycles. The summed E-state index contributed by atoms with van der Waals surface area (Å²) in [5, 5.41) is 2.36. The molecule has 0 radical (unpaired) electrons. The lowest BCUT2D eigenvalue weighted by molar-refractivity contribution is -0.145. The maximum absolute atomic E-state index is 12.0. The number of aromatic nitrogens is 1. The summed E-state index contributed by atoms with van der Waals surface area (Å²) in [6.07, 6.45) is 0.971. The van der Waals surface area contributed by atoms with E-state index in [-0.39, 0.29) is 18.5 Å². The Balaban J connectivity index is 1.57. The molecule has 0 aliphatic carbocycles. The fourth-order valence-electron chi connectivity index (χ4n) is 2.59. The number of carbonyl (C=O) groups excluding carboxylic acids is 2. The first-order valence-electron chi connectivity index (χ1n) is 8.63. The summed E-state index contributed by atoms with van der Waals surface area (Å²) in [4.78, 5) is 30.0. The molecule has 0 atom stereocenters. The fourth-order valence-corrected chi connectivity index (χ4v) is 3.46. The summed E-state index contributed by atoms with van der Waals surface area (Å²) < 4.78 is 5.31. The van der Waals surface area contributed by atoms with Gasteiger partial charge in [-0.3, -0.25) is 14.5 Å². The second-order valence-corrected chi connectivity index (χ2v) is 6.79. The molecule has 2 aromatic carbocycles. The van der Waals surface area contributed by atoms with Crippen molar-refractivity contribution in [3.63, 3.8) is 0 Å². The minimum atomic E-state index is -0.264. The Morgan fingerprint density at radius 2 is 1.70 bits per heavy atom. The Morgan fingerprint density at radius 1 is 1.04 bits per heavy atom. The number of ether oxygens (including phenoxy) is 1. The minimum Gasteiger partial charge on any atom is -0.459 e. The average molecular weight is 380 g/mol. The molecule has 1 amide bonds. The number of amides is 1. The molecular weight excluding hydrogens is 360 g/mol. The lowest BCUT2D eigenvalue weighted by Gasteiger charge is -2.17. The first-order valence-corrected chi connectivity index (χ1v) is 9.51. The number of anilines is 2. The van der Waals surface area contributed by atoms with Crippen molar-refractivity contribution in [1.82, 2.24) is 4.98 Å². The van der Waals surface area contributed by atoms with Crippen LogP contribution in [0, 0.1) is 0 Å². The predicted molar refractivity (Wildman–Crippen MR) is 106 cm³/mol. The summed E-state index contributed by atoms with van der Waals surface area (Å²) in [6, 6.07) is 19.2. The molecule has 6 heteroatoms. The molecule has 27 heavy (non-hydrogen) atoms. The molecule has 138 valence electrons. The highest BCUT2D eigenvalue weighted by Gasteiger charge is 2.18. The fraction of sp³-hybridized carbons (Fsp3) is 0.190. The van der Waals surface area contributed by atoms with Crippen LogP contribution in [0.15, 0.2) is 66.0 Å². The second-order valence-electron chi connectivity index (χ2n) is 5.96. The number of hydrogen-bond donors (Lipinski definition) is 0. The van der Waals surface area contributed by atoms with Crippen LogP contribution in [0.1, 0.15) is 24.6 Å². The van der Waals surface area contributed by atoms with Gasteiger partial charge in [-0.05, 0) is 24.1 Å². The van der Waals surface area contributed by atoms with Crippen molar-refractivity contribution in [1.29, 1.82) is 0 Å². The molecule has 0 aliphatic rings. The van der Waals surface area contributed by atoms with Gasteiger partial charge in [0, 0.05) is 18.7 Å².